The van der Waals surface area contributed by atoms with E-state index in [2.05, 4.69) is 0 Å². The Morgan fingerprint density at radius 2 is 0.667 bits per heavy atom. The van der Waals surface area contributed by atoms with Crippen molar-refractivity contribution in [2.24, 2.45) is 0 Å². The molecule has 0 fully saturated rings. The number of hydrogen-bond acceptors (Lipinski definition) is 4. The molecule has 0 atom stereocenters. The van der Waals surface area contributed by atoms with Crippen molar-refractivity contribution in [3.8, 4) is 0 Å². The van der Waals surface area contributed by atoms with Crippen LogP contribution in [0.25, 0.3) is 0 Å². The molecule has 152 valence electrons. The Morgan fingerprint density at radius 1 is 0.433 bits per heavy atom. The van der Waals surface area contributed by atoms with Crippen LogP contribution in [0.15, 0.2) is 121 Å². The first-order valence-electron chi connectivity index (χ1n) is 9.34. The van der Waals surface area contributed by atoms with Crippen molar-refractivity contribution in [3.63, 3.8) is 0 Å². The minimum absolute atomic E-state index is 0.707. The van der Waals surface area contributed by atoms with Crippen molar-refractivity contribution >= 4 is 32.3 Å². The Bertz CT molecular complexity index is 932. The Labute approximate surface area is 179 Å². The molecular formula is C24H20BiClO4. The van der Waals surface area contributed by atoms with Gasteiger partial charge in [0.1, 0.15) is 0 Å². The molecule has 4 aromatic rings. The summed E-state index contributed by atoms with van der Waals surface area (Å²) in [7, 11) is -4.76. The molecule has 0 N–H and O–H groups in total. The van der Waals surface area contributed by atoms with Crippen LogP contribution in [-0.4, -0.2) is 19.2 Å². The molecule has 4 nitrogen and oxygen atoms in total. The van der Waals surface area contributed by atoms with Gasteiger partial charge in [0.25, 0.3) is 0 Å². The van der Waals surface area contributed by atoms with Gasteiger partial charge in [0.15, 0.2) is 0 Å². The van der Waals surface area contributed by atoms with Gasteiger partial charge in [-0.15, -0.1) is 0 Å². The van der Waals surface area contributed by atoms with Gasteiger partial charge in [-0.05, 0) is 0 Å². The molecular weight excluding hydrogens is 597 g/mol. The summed E-state index contributed by atoms with van der Waals surface area (Å²) in [5.41, 5.74) is 0. The molecule has 0 amide bonds. The quantitative estimate of drug-likeness (QED) is 0.272. The first-order chi connectivity index (χ1) is 14.5. The SMILES string of the molecule is [O-][Cl+3]([O-])([O-])[O][Bi]([c]1ccccc1)([c]1ccccc1)([c]1ccccc1)[c]1ccccc1. The zero-order valence-electron chi connectivity index (χ0n) is 16.0. The molecule has 0 aromatic heterocycles. The summed E-state index contributed by atoms with van der Waals surface area (Å²) >= 11 is -5.79. The summed E-state index contributed by atoms with van der Waals surface area (Å²) < 4.78 is 46.0. The van der Waals surface area contributed by atoms with E-state index >= 15 is 0 Å². The molecule has 6 heteroatoms. The van der Waals surface area contributed by atoms with E-state index in [1.807, 2.05) is 121 Å². The van der Waals surface area contributed by atoms with Crippen molar-refractivity contribution in [2.45, 2.75) is 0 Å². The maximum absolute atomic E-state index is 12.4. The van der Waals surface area contributed by atoms with Gasteiger partial charge < -0.3 is 0 Å². The van der Waals surface area contributed by atoms with E-state index in [1.165, 1.54) is 0 Å². The van der Waals surface area contributed by atoms with Crippen LogP contribution < -0.4 is 27.1 Å². The average Bonchev–Trinajstić information content (AvgIpc) is 2.79. The van der Waals surface area contributed by atoms with Gasteiger partial charge in [-0.2, -0.15) is 0 Å². The second kappa shape index (κ2) is 8.20. The van der Waals surface area contributed by atoms with E-state index in [1.54, 1.807) is 0 Å². The van der Waals surface area contributed by atoms with Gasteiger partial charge in [-0.1, -0.05) is 0 Å². The molecule has 0 radical (unpaired) electrons. The fraction of sp³-hybridized carbons (Fsp3) is 0. The van der Waals surface area contributed by atoms with Crippen molar-refractivity contribution in [2.75, 3.05) is 0 Å². The van der Waals surface area contributed by atoms with Gasteiger partial charge >= 0.3 is 180 Å². The van der Waals surface area contributed by atoms with Crippen LogP contribution in [0.5, 0.6) is 0 Å². The zero-order valence-corrected chi connectivity index (χ0v) is 20.2. The number of benzene rings is 4. The van der Waals surface area contributed by atoms with Crippen molar-refractivity contribution in [1.29, 1.82) is 0 Å². The second-order valence-electron chi connectivity index (χ2n) is 6.83. The van der Waals surface area contributed by atoms with Crippen LogP contribution in [0.1, 0.15) is 0 Å². The van der Waals surface area contributed by atoms with E-state index in [0.29, 0.717) is 13.1 Å². The van der Waals surface area contributed by atoms with Gasteiger partial charge in [0.05, 0.1) is 0 Å². The molecule has 0 bridgehead atoms. The summed E-state index contributed by atoms with van der Waals surface area (Å²) in [6.45, 7) is 0. The zero-order chi connectivity index (χ0) is 21.1. The molecule has 0 aliphatic carbocycles. The summed E-state index contributed by atoms with van der Waals surface area (Å²) in [6, 6.07) is 37.1. The molecule has 4 rings (SSSR count). The molecule has 0 spiro atoms. The Hall–Kier alpha value is -2.11. The monoisotopic (exact) mass is 616 g/mol. The topological polar surface area (TPSA) is 78.4 Å². The molecule has 0 unspecified atom stereocenters. The van der Waals surface area contributed by atoms with Gasteiger partial charge in [0.2, 0.25) is 0 Å². The summed E-state index contributed by atoms with van der Waals surface area (Å²) in [6.07, 6.45) is 0. The molecule has 0 aliphatic heterocycles. The van der Waals surface area contributed by atoms with Crippen LogP contribution in [-0.2, 0) is 2.37 Å². The standard InChI is InChI=1S/4C6H5.Bi.ClHO4/c4*1-2-4-6-5-3-1;;2-1(3,4)5/h4*1-5H;;(H,2,3,4,5)/q;;;;+1;/p-1. The Kier molecular flexibility index (Phi) is 5.78. The third-order valence-corrected chi connectivity index (χ3v) is 30.8. The number of halogens is 1. The molecule has 0 aliphatic rings. The van der Waals surface area contributed by atoms with Crippen molar-refractivity contribution in [3.05, 3.63) is 121 Å². The molecule has 30 heavy (non-hydrogen) atoms. The van der Waals surface area contributed by atoms with Crippen LogP contribution in [0.2, 0.25) is 0 Å². The normalized spacial score (nSPS) is 13.4. The fourth-order valence-corrected chi connectivity index (χ4v) is 30.9. The van der Waals surface area contributed by atoms with Gasteiger partial charge in [0, 0.05) is 0 Å². The van der Waals surface area contributed by atoms with E-state index < -0.39 is 29.5 Å². The molecule has 0 saturated heterocycles. The minimum atomic E-state index is -5.79. The Balaban J connectivity index is 2.31. The van der Waals surface area contributed by atoms with Crippen LogP contribution in [0.3, 0.4) is 0 Å². The van der Waals surface area contributed by atoms with Crippen LogP contribution in [0, 0.1) is 10.2 Å². The first kappa shape index (κ1) is 21.1. The third kappa shape index (κ3) is 3.38. The third-order valence-electron chi connectivity index (χ3n) is 5.22. The summed E-state index contributed by atoms with van der Waals surface area (Å²) in [4.78, 5) is 0. The summed E-state index contributed by atoms with van der Waals surface area (Å²) in [5, 5.41) is 0. The van der Waals surface area contributed by atoms with E-state index in [9.17, 15) is 14.0 Å². The van der Waals surface area contributed by atoms with Crippen molar-refractivity contribution in [1.82, 2.24) is 0 Å². The van der Waals surface area contributed by atoms with Crippen LogP contribution in [0.4, 0.5) is 0 Å². The molecule has 0 heterocycles. The predicted octanol–water partition coefficient (Wildman–Crippen LogP) is -0.571. The Morgan fingerprint density at radius 3 is 0.867 bits per heavy atom. The van der Waals surface area contributed by atoms with E-state index in [0.717, 1.165) is 0 Å². The first-order valence-corrected chi connectivity index (χ1v) is 18.9. The van der Waals surface area contributed by atoms with E-state index in [4.69, 9.17) is 2.37 Å². The van der Waals surface area contributed by atoms with Gasteiger partial charge in [-0.3, -0.25) is 0 Å². The summed E-state index contributed by atoms with van der Waals surface area (Å²) in [5.74, 6) is 0. The molecule has 4 aromatic carbocycles. The number of hydrogen-bond donors (Lipinski definition) is 0. The van der Waals surface area contributed by atoms with Gasteiger partial charge in [-0.25, -0.2) is 0 Å². The fourth-order valence-electron chi connectivity index (χ4n) is 4.07. The van der Waals surface area contributed by atoms with Crippen molar-refractivity contribution < 1.29 is 26.6 Å². The van der Waals surface area contributed by atoms with E-state index in [-0.39, 0.29) is 0 Å². The maximum atomic E-state index is 12.4. The number of rotatable bonds is 6. The average molecular weight is 617 g/mol. The molecule has 0 saturated carbocycles. The predicted molar refractivity (Wildman–Crippen MR) is 111 cm³/mol. The van der Waals surface area contributed by atoms with Crippen LogP contribution >= 0.6 is 0 Å². The second-order valence-corrected chi connectivity index (χ2v) is 25.4.